The van der Waals surface area contributed by atoms with Gasteiger partial charge in [0, 0.05) is 37.7 Å². The molecule has 0 aromatic carbocycles. The lowest BCUT2D eigenvalue weighted by atomic mass is 10.0. The van der Waals surface area contributed by atoms with Gasteiger partial charge in [0.05, 0.1) is 12.1 Å². The van der Waals surface area contributed by atoms with Crippen LogP contribution in [0.3, 0.4) is 0 Å². The van der Waals surface area contributed by atoms with E-state index in [0.29, 0.717) is 12.5 Å². The molecule has 2 unspecified atom stereocenters. The van der Waals surface area contributed by atoms with Gasteiger partial charge in [-0.2, -0.15) is 16.9 Å². The Morgan fingerprint density at radius 1 is 1.54 bits per heavy atom. The van der Waals surface area contributed by atoms with Crippen LogP contribution in [0.25, 0.3) is 0 Å². The lowest BCUT2D eigenvalue weighted by Gasteiger charge is -2.27. The smallest absolute Gasteiger partial charge is 0.191 e. The molecule has 1 fully saturated rings. The summed E-state index contributed by atoms with van der Waals surface area (Å²) in [4.78, 5) is 8.92. The molecule has 1 aromatic rings. The Bertz CT molecular complexity index is 593. The van der Waals surface area contributed by atoms with Gasteiger partial charge in [0.15, 0.2) is 11.8 Å². The van der Waals surface area contributed by atoms with Gasteiger partial charge in [0.1, 0.15) is 5.82 Å². The summed E-state index contributed by atoms with van der Waals surface area (Å²) in [5.74, 6) is 4.93. The number of aromatic nitrogens is 3. The van der Waals surface area contributed by atoms with E-state index in [1.807, 2.05) is 4.68 Å². The molecule has 3 rings (SSSR count). The van der Waals surface area contributed by atoms with Crippen LogP contribution in [0.1, 0.15) is 44.3 Å². The number of hydrogen-bond donors (Lipinski definition) is 3. The van der Waals surface area contributed by atoms with Crippen molar-refractivity contribution in [2.24, 2.45) is 4.99 Å². The van der Waals surface area contributed by atoms with Crippen molar-refractivity contribution in [2.45, 2.75) is 57.2 Å². The molecule has 0 radical (unpaired) electrons. The van der Waals surface area contributed by atoms with Crippen LogP contribution in [0, 0.1) is 0 Å². The number of rotatable bonds is 4. The van der Waals surface area contributed by atoms with Crippen LogP contribution in [-0.4, -0.2) is 62.6 Å². The van der Waals surface area contributed by atoms with E-state index < -0.39 is 5.60 Å². The second-order valence-electron chi connectivity index (χ2n) is 7.06. The Hall–Kier alpha value is -1.28. The topological polar surface area (TPSA) is 87.4 Å². The Labute approximate surface area is 147 Å². The van der Waals surface area contributed by atoms with Crippen molar-refractivity contribution >= 4 is 17.7 Å². The second-order valence-corrected chi connectivity index (χ2v) is 8.16. The molecule has 1 aromatic heterocycles. The van der Waals surface area contributed by atoms with Gasteiger partial charge in [0.2, 0.25) is 0 Å². The summed E-state index contributed by atoms with van der Waals surface area (Å²) in [7, 11) is 1.77. The summed E-state index contributed by atoms with van der Waals surface area (Å²) in [5.41, 5.74) is -0.611. The third-order valence-electron chi connectivity index (χ3n) is 4.62. The van der Waals surface area contributed by atoms with E-state index in [1.165, 1.54) is 0 Å². The second kappa shape index (κ2) is 7.31. The number of aryl methyl sites for hydroxylation is 1. The zero-order chi connectivity index (χ0) is 17.2. The molecule has 134 valence electrons. The Balaban J connectivity index is 1.55. The number of guanidine groups is 1. The monoisotopic (exact) mass is 352 g/mol. The molecule has 0 spiro atoms. The number of nitrogens with zero attached hydrogens (tertiary/aromatic N) is 4. The van der Waals surface area contributed by atoms with Crippen molar-refractivity contribution in [3.05, 3.63) is 11.6 Å². The maximum Gasteiger partial charge on any atom is 0.191 e. The number of aliphatic imine (C=N–C) groups is 1. The highest BCUT2D eigenvalue weighted by Gasteiger charge is 2.32. The summed E-state index contributed by atoms with van der Waals surface area (Å²) < 4.78 is 2.02. The third kappa shape index (κ3) is 4.03. The molecule has 1 saturated heterocycles. The summed E-state index contributed by atoms with van der Waals surface area (Å²) in [5, 5.41) is 21.8. The first-order valence-electron chi connectivity index (χ1n) is 8.70. The fourth-order valence-corrected chi connectivity index (χ4v) is 4.36. The highest BCUT2D eigenvalue weighted by Crippen LogP contribution is 2.26. The van der Waals surface area contributed by atoms with Crippen LogP contribution in [0.4, 0.5) is 0 Å². The highest BCUT2D eigenvalue weighted by atomic mass is 32.2. The van der Waals surface area contributed by atoms with Crippen LogP contribution in [-0.2, 0) is 13.0 Å². The minimum Gasteiger partial charge on any atom is -0.387 e. The zero-order valence-electron chi connectivity index (χ0n) is 14.7. The molecule has 0 amide bonds. The normalized spacial score (nSPS) is 27.4. The van der Waals surface area contributed by atoms with Crippen molar-refractivity contribution in [2.75, 3.05) is 25.1 Å². The van der Waals surface area contributed by atoms with Crippen LogP contribution in [0.2, 0.25) is 0 Å². The van der Waals surface area contributed by atoms with Gasteiger partial charge in [-0.1, -0.05) is 13.8 Å². The van der Waals surface area contributed by atoms with Gasteiger partial charge in [-0.25, -0.2) is 9.67 Å². The summed E-state index contributed by atoms with van der Waals surface area (Å²) in [6, 6.07) is 0.276. The lowest BCUT2D eigenvalue weighted by Crippen LogP contribution is -2.51. The number of aliphatic hydroxyl groups is 1. The van der Waals surface area contributed by atoms with E-state index in [4.69, 9.17) is 0 Å². The van der Waals surface area contributed by atoms with Crippen LogP contribution in [0.15, 0.2) is 4.99 Å². The molecular formula is C16H28N6OS. The average molecular weight is 353 g/mol. The van der Waals surface area contributed by atoms with E-state index in [2.05, 4.69) is 39.6 Å². The van der Waals surface area contributed by atoms with E-state index in [0.717, 1.165) is 54.9 Å². The Morgan fingerprint density at radius 2 is 2.38 bits per heavy atom. The highest BCUT2D eigenvalue weighted by molar-refractivity contribution is 7.99. The average Bonchev–Trinajstić information content (AvgIpc) is 3.17. The van der Waals surface area contributed by atoms with E-state index >= 15 is 0 Å². The van der Waals surface area contributed by atoms with Crippen LogP contribution < -0.4 is 10.6 Å². The number of nitrogens with one attached hydrogen (secondary N) is 2. The first kappa shape index (κ1) is 17.5. The fourth-order valence-electron chi connectivity index (χ4n) is 3.06. The summed E-state index contributed by atoms with van der Waals surface area (Å²) in [6.07, 6.45) is 2.78. The number of hydrogen-bond acceptors (Lipinski definition) is 5. The molecule has 0 aliphatic carbocycles. The number of thioether (sulfide) groups is 1. The maximum absolute atomic E-state index is 10.4. The van der Waals surface area contributed by atoms with Gasteiger partial charge < -0.3 is 15.7 Å². The van der Waals surface area contributed by atoms with E-state index in [-0.39, 0.29) is 6.04 Å². The van der Waals surface area contributed by atoms with Crippen molar-refractivity contribution in [1.82, 2.24) is 25.4 Å². The molecule has 2 atom stereocenters. The molecule has 24 heavy (non-hydrogen) atoms. The molecule has 2 aliphatic rings. The van der Waals surface area contributed by atoms with Crippen molar-refractivity contribution in [3.63, 3.8) is 0 Å². The van der Waals surface area contributed by atoms with Gasteiger partial charge in [-0.3, -0.25) is 4.99 Å². The van der Waals surface area contributed by atoms with Crippen LogP contribution in [0.5, 0.6) is 0 Å². The van der Waals surface area contributed by atoms with Crippen LogP contribution >= 0.6 is 11.8 Å². The largest absolute Gasteiger partial charge is 0.387 e. The first-order chi connectivity index (χ1) is 11.5. The zero-order valence-corrected chi connectivity index (χ0v) is 15.6. The molecule has 3 heterocycles. The van der Waals surface area contributed by atoms with Crippen molar-refractivity contribution in [3.8, 4) is 0 Å². The van der Waals surface area contributed by atoms with Gasteiger partial charge in [0.25, 0.3) is 0 Å². The minimum absolute atomic E-state index is 0.276. The maximum atomic E-state index is 10.4. The SMILES string of the molecule is CN=C(NCC1(O)CCSC1)NC1CCc2nc(C(C)C)nn2C1. The number of fused-ring (bicyclic) bond motifs is 1. The van der Waals surface area contributed by atoms with Gasteiger partial charge in [-0.05, 0) is 18.6 Å². The van der Waals surface area contributed by atoms with Crippen molar-refractivity contribution in [1.29, 1.82) is 0 Å². The Morgan fingerprint density at radius 3 is 3.04 bits per heavy atom. The molecular weight excluding hydrogens is 324 g/mol. The third-order valence-corrected chi connectivity index (χ3v) is 5.86. The predicted octanol–water partition coefficient (Wildman–Crippen LogP) is 0.749. The van der Waals surface area contributed by atoms with Crippen molar-refractivity contribution < 1.29 is 5.11 Å². The standard InChI is InChI=1S/C16H28N6OS/c1-11(2)14-20-13-5-4-12(8-22(13)21-14)19-15(17-3)18-9-16(23)6-7-24-10-16/h11-12,23H,4-10H2,1-3H3,(H2,17,18,19). The summed E-state index contributed by atoms with van der Waals surface area (Å²) >= 11 is 1.80. The molecule has 0 bridgehead atoms. The molecule has 2 aliphatic heterocycles. The van der Waals surface area contributed by atoms with E-state index in [9.17, 15) is 5.11 Å². The van der Waals surface area contributed by atoms with Gasteiger partial charge >= 0.3 is 0 Å². The molecule has 3 N–H and O–H groups in total. The Kier molecular flexibility index (Phi) is 5.34. The minimum atomic E-state index is -0.611. The molecule has 8 heteroatoms. The first-order valence-corrected chi connectivity index (χ1v) is 9.85. The fraction of sp³-hybridized carbons (Fsp3) is 0.812. The van der Waals surface area contributed by atoms with E-state index in [1.54, 1.807) is 18.8 Å². The van der Waals surface area contributed by atoms with Gasteiger partial charge in [-0.15, -0.1) is 0 Å². The molecule has 0 saturated carbocycles. The predicted molar refractivity (Wildman–Crippen MR) is 97.6 cm³/mol. The lowest BCUT2D eigenvalue weighted by molar-refractivity contribution is 0.0723. The quantitative estimate of drug-likeness (QED) is 0.547. The summed E-state index contributed by atoms with van der Waals surface area (Å²) in [6.45, 7) is 5.58. The molecule has 7 nitrogen and oxygen atoms in total.